The van der Waals surface area contributed by atoms with Crippen molar-refractivity contribution in [3.05, 3.63) is 78.1 Å². The van der Waals surface area contributed by atoms with Crippen molar-refractivity contribution in [3.8, 4) is 5.69 Å². The molecule has 0 aliphatic rings. The van der Waals surface area contributed by atoms with Crippen molar-refractivity contribution >= 4 is 5.91 Å². The van der Waals surface area contributed by atoms with E-state index in [1.807, 2.05) is 67.6 Å². The van der Waals surface area contributed by atoms with Crippen LogP contribution in [-0.2, 0) is 0 Å². The Morgan fingerprint density at radius 3 is 2.30 bits per heavy atom. The molecule has 3 aromatic rings. The minimum absolute atomic E-state index is 0.0365. The average Bonchev–Trinajstić information content (AvgIpc) is 3.11. The van der Waals surface area contributed by atoms with Crippen molar-refractivity contribution in [2.45, 2.75) is 13.0 Å². The summed E-state index contributed by atoms with van der Waals surface area (Å²) in [4.78, 5) is 15.8. The number of amides is 1. The van der Waals surface area contributed by atoms with E-state index in [1.54, 1.807) is 11.9 Å². The molecule has 0 saturated heterocycles. The number of para-hydroxylation sites is 1. The maximum Gasteiger partial charge on any atom is 0.276 e. The molecule has 1 amide bonds. The molecule has 2 aromatic carbocycles. The fraction of sp³-hybridized carbons (Fsp3) is 0.167. The summed E-state index contributed by atoms with van der Waals surface area (Å²) in [6, 6.07) is 19.4. The van der Waals surface area contributed by atoms with Crippen LogP contribution in [0.15, 0.2) is 66.9 Å². The normalized spacial score (nSPS) is 11.9. The van der Waals surface area contributed by atoms with E-state index < -0.39 is 0 Å². The Morgan fingerprint density at radius 1 is 1.04 bits per heavy atom. The molecular weight excluding hydrogens is 288 g/mol. The Balaban J connectivity index is 1.79. The SMILES string of the molecule is C[C@@H](c1ccccc1)N(C)C(=O)c1cnn(-c2ccccc2)n1. The monoisotopic (exact) mass is 306 g/mol. The van der Waals surface area contributed by atoms with Crippen LogP contribution in [0.1, 0.15) is 29.0 Å². The lowest BCUT2D eigenvalue weighted by atomic mass is 10.1. The number of benzene rings is 2. The standard InChI is InChI=1S/C18H18N4O/c1-14(15-9-5-3-6-10-15)21(2)18(23)17-13-19-22(20-17)16-11-7-4-8-12-16/h3-14H,1-2H3/t14-/m0/s1. The second-order valence-electron chi connectivity index (χ2n) is 5.36. The van der Waals surface area contributed by atoms with Gasteiger partial charge in [0.25, 0.3) is 5.91 Å². The molecule has 0 unspecified atom stereocenters. The molecule has 116 valence electrons. The van der Waals surface area contributed by atoms with Gasteiger partial charge >= 0.3 is 0 Å². The minimum atomic E-state index is -0.150. The summed E-state index contributed by atoms with van der Waals surface area (Å²) in [6.07, 6.45) is 1.50. The molecule has 1 atom stereocenters. The van der Waals surface area contributed by atoms with Gasteiger partial charge in [0.05, 0.1) is 17.9 Å². The van der Waals surface area contributed by atoms with Crippen LogP contribution in [0.2, 0.25) is 0 Å². The van der Waals surface area contributed by atoms with E-state index in [0.717, 1.165) is 11.3 Å². The van der Waals surface area contributed by atoms with Gasteiger partial charge < -0.3 is 4.90 Å². The van der Waals surface area contributed by atoms with E-state index in [4.69, 9.17) is 0 Å². The number of aromatic nitrogens is 3. The molecule has 0 bridgehead atoms. The Labute approximate surface area is 135 Å². The third kappa shape index (κ3) is 3.13. The van der Waals surface area contributed by atoms with Crippen molar-refractivity contribution in [2.24, 2.45) is 0 Å². The predicted molar refractivity (Wildman–Crippen MR) is 88.3 cm³/mol. The lowest BCUT2D eigenvalue weighted by Crippen LogP contribution is -2.30. The zero-order valence-electron chi connectivity index (χ0n) is 13.1. The highest BCUT2D eigenvalue weighted by Crippen LogP contribution is 2.19. The topological polar surface area (TPSA) is 51.0 Å². The summed E-state index contributed by atoms with van der Waals surface area (Å²) in [6.45, 7) is 1.99. The first-order chi connectivity index (χ1) is 11.2. The molecule has 0 fully saturated rings. The number of hydrogen-bond acceptors (Lipinski definition) is 3. The molecule has 0 saturated carbocycles. The van der Waals surface area contributed by atoms with Crippen molar-refractivity contribution in [3.63, 3.8) is 0 Å². The quantitative estimate of drug-likeness (QED) is 0.744. The third-order valence-electron chi connectivity index (χ3n) is 3.88. The van der Waals surface area contributed by atoms with Crippen LogP contribution in [0.5, 0.6) is 0 Å². The zero-order valence-corrected chi connectivity index (χ0v) is 13.1. The van der Waals surface area contributed by atoms with Crippen molar-refractivity contribution in [1.29, 1.82) is 0 Å². The van der Waals surface area contributed by atoms with Crippen LogP contribution in [0.3, 0.4) is 0 Å². The summed E-state index contributed by atoms with van der Waals surface area (Å²) in [7, 11) is 1.78. The van der Waals surface area contributed by atoms with E-state index in [1.165, 1.54) is 11.0 Å². The molecule has 5 nitrogen and oxygen atoms in total. The first-order valence-corrected chi connectivity index (χ1v) is 7.46. The van der Waals surface area contributed by atoms with E-state index >= 15 is 0 Å². The summed E-state index contributed by atoms with van der Waals surface area (Å²) >= 11 is 0. The molecule has 0 N–H and O–H groups in total. The molecule has 1 aromatic heterocycles. The van der Waals surface area contributed by atoms with Crippen LogP contribution in [0.25, 0.3) is 5.69 Å². The Hall–Kier alpha value is -2.95. The minimum Gasteiger partial charge on any atom is -0.334 e. The second kappa shape index (κ2) is 6.44. The molecular formula is C18H18N4O. The van der Waals surface area contributed by atoms with Gasteiger partial charge in [-0.15, -0.1) is 5.10 Å². The molecule has 23 heavy (non-hydrogen) atoms. The van der Waals surface area contributed by atoms with E-state index in [2.05, 4.69) is 10.2 Å². The lowest BCUT2D eigenvalue weighted by molar-refractivity contribution is 0.0736. The van der Waals surface area contributed by atoms with Gasteiger partial charge in [-0.3, -0.25) is 4.79 Å². The average molecular weight is 306 g/mol. The molecule has 3 rings (SSSR count). The molecule has 0 spiro atoms. The van der Waals surface area contributed by atoms with Crippen LogP contribution < -0.4 is 0 Å². The maximum atomic E-state index is 12.6. The Morgan fingerprint density at radius 2 is 1.65 bits per heavy atom. The van der Waals surface area contributed by atoms with Crippen LogP contribution >= 0.6 is 0 Å². The number of carbonyl (C=O) groups is 1. The summed E-state index contributed by atoms with van der Waals surface area (Å²) in [5.74, 6) is -0.150. The first kappa shape index (κ1) is 15.0. The summed E-state index contributed by atoms with van der Waals surface area (Å²) in [5, 5.41) is 8.47. The summed E-state index contributed by atoms with van der Waals surface area (Å²) < 4.78 is 0. The van der Waals surface area contributed by atoms with Gasteiger partial charge in [-0.1, -0.05) is 48.5 Å². The largest absolute Gasteiger partial charge is 0.334 e. The van der Waals surface area contributed by atoms with Gasteiger partial charge in [-0.25, -0.2) is 0 Å². The fourth-order valence-corrected chi connectivity index (χ4v) is 2.36. The van der Waals surface area contributed by atoms with Crippen molar-refractivity contribution < 1.29 is 4.79 Å². The van der Waals surface area contributed by atoms with Gasteiger partial charge in [-0.05, 0) is 24.6 Å². The highest BCUT2D eigenvalue weighted by Gasteiger charge is 2.21. The fourth-order valence-electron chi connectivity index (χ4n) is 2.36. The smallest absolute Gasteiger partial charge is 0.276 e. The lowest BCUT2D eigenvalue weighted by Gasteiger charge is -2.24. The second-order valence-corrected chi connectivity index (χ2v) is 5.36. The van der Waals surface area contributed by atoms with Gasteiger partial charge in [0, 0.05) is 7.05 Å². The highest BCUT2D eigenvalue weighted by molar-refractivity contribution is 5.92. The number of hydrogen-bond donors (Lipinski definition) is 0. The molecule has 0 aliphatic heterocycles. The van der Waals surface area contributed by atoms with Crippen molar-refractivity contribution in [2.75, 3.05) is 7.05 Å². The van der Waals surface area contributed by atoms with Gasteiger partial charge in [0.2, 0.25) is 0 Å². The number of carbonyl (C=O) groups excluding carboxylic acids is 1. The molecule has 0 radical (unpaired) electrons. The molecule has 1 heterocycles. The van der Waals surface area contributed by atoms with Crippen molar-refractivity contribution in [1.82, 2.24) is 19.9 Å². The first-order valence-electron chi connectivity index (χ1n) is 7.46. The van der Waals surface area contributed by atoms with Gasteiger partial charge in [0.15, 0.2) is 5.69 Å². The Kier molecular flexibility index (Phi) is 4.19. The van der Waals surface area contributed by atoms with Crippen LogP contribution in [0, 0.1) is 0 Å². The molecule has 0 aliphatic carbocycles. The zero-order chi connectivity index (χ0) is 16.2. The van der Waals surface area contributed by atoms with Gasteiger partial charge in [-0.2, -0.15) is 9.90 Å². The van der Waals surface area contributed by atoms with E-state index in [-0.39, 0.29) is 11.9 Å². The third-order valence-corrected chi connectivity index (χ3v) is 3.88. The maximum absolute atomic E-state index is 12.6. The highest BCUT2D eigenvalue weighted by atomic mass is 16.2. The number of nitrogens with zero attached hydrogens (tertiary/aromatic N) is 4. The predicted octanol–water partition coefficient (Wildman–Crippen LogP) is 3.10. The summed E-state index contributed by atoms with van der Waals surface area (Å²) in [5.41, 5.74) is 2.24. The number of rotatable bonds is 4. The van der Waals surface area contributed by atoms with Crippen LogP contribution in [-0.4, -0.2) is 32.8 Å². The van der Waals surface area contributed by atoms with Gasteiger partial charge in [0.1, 0.15) is 0 Å². The Bertz CT molecular complexity index is 783. The molecule has 5 heteroatoms. The van der Waals surface area contributed by atoms with E-state index in [0.29, 0.717) is 5.69 Å². The van der Waals surface area contributed by atoms with E-state index in [9.17, 15) is 4.79 Å². The van der Waals surface area contributed by atoms with Crippen LogP contribution in [0.4, 0.5) is 0 Å².